The van der Waals surface area contributed by atoms with Gasteiger partial charge in [0.25, 0.3) is 20.0 Å². The highest BCUT2D eigenvalue weighted by atomic mass is 35.5. The second-order valence-corrected chi connectivity index (χ2v) is 11.6. The Morgan fingerprint density at radius 1 is 0.762 bits per heavy atom. The fraction of sp³-hybridized carbons (Fsp3) is 0. The highest BCUT2D eigenvalue weighted by Gasteiger charge is 2.30. The van der Waals surface area contributed by atoms with Crippen molar-refractivity contribution in [2.24, 2.45) is 0 Å². The summed E-state index contributed by atoms with van der Waals surface area (Å²) in [6.07, 6.45) is 0. The number of rotatable bonds is 4. The molecule has 0 aliphatic rings. The van der Waals surface area contributed by atoms with E-state index in [0.29, 0.717) is 0 Å². The molecule has 0 aliphatic heterocycles. The predicted octanol–water partition coefficient (Wildman–Crippen LogP) is 4.09. The van der Waals surface area contributed by atoms with E-state index in [4.69, 9.17) is 46.4 Å². The first-order valence-electron chi connectivity index (χ1n) is 4.71. The van der Waals surface area contributed by atoms with Crippen molar-refractivity contribution in [3.05, 3.63) is 29.5 Å². The highest BCUT2D eigenvalue weighted by molar-refractivity contribution is 8.05. The van der Waals surface area contributed by atoms with Crippen molar-refractivity contribution < 1.29 is 16.8 Å². The van der Waals surface area contributed by atoms with E-state index in [0.717, 1.165) is 34.8 Å². The summed E-state index contributed by atoms with van der Waals surface area (Å²) in [6, 6.07) is 2.10. The van der Waals surface area contributed by atoms with Crippen LogP contribution < -0.4 is 4.13 Å². The summed E-state index contributed by atoms with van der Waals surface area (Å²) in [5, 5.41) is 0. The van der Waals surface area contributed by atoms with Crippen molar-refractivity contribution in [3.8, 4) is 0 Å². The molecular weight excluding hydrogens is 444 g/mol. The van der Waals surface area contributed by atoms with Crippen molar-refractivity contribution in [2.75, 3.05) is 0 Å². The molecule has 2 rings (SSSR count). The standard InChI is InChI=1S/C8H3Cl4NO4S4/c9-5-1-3(7(11)18-5)20(14,15)13-21(16,17)4-2-6(10)19-8(4)12/h1-2,13H. The van der Waals surface area contributed by atoms with Crippen LogP contribution in [0.5, 0.6) is 0 Å². The molecule has 0 amide bonds. The van der Waals surface area contributed by atoms with E-state index in [1.165, 1.54) is 0 Å². The van der Waals surface area contributed by atoms with Gasteiger partial charge in [0.05, 0.1) is 8.67 Å². The minimum atomic E-state index is -4.42. The number of sulfonamides is 2. The third-order valence-electron chi connectivity index (χ3n) is 2.05. The quantitative estimate of drug-likeness (QED) is 0.766. The molecule has 13 heteroatoms. The van der Waals surface area contributed by atoms with Crippen LogP contribution in [0, 0.1) is 0 Å². The molecule has 0 fully saturated rings. The maximum atomic E-state index is 12.1. The third kappa shape index (κ3) is 3.85. The smallest absolute Gasteiger partial charge is 0.206 e. The maximum absolute atomic E-state index is 12.1. The van der Waals surface area contributed by atoms with E-state index in [1.807, 2.05) is 0 Å². The van der Waals surface area contributed by atoms with Crippen LogP contribution >= 0.6 is 69.1 Å². The first-order valence-corrected chi connectivity index (χ1v) is 10.8. The van der Waals surface area contributed by atoms with Gasteiger partial charge in [0.1, 0.15) is 18.5 Å². The van der Waals surface area contributed by atoms with Crippen LogP contribution in [-0.2, 0) is 20.0 Å². The molecule has 2 aromatic heterocycles. The Morgan fingerprint density at radius 2 is 1.10 bits per heavy atom. The van der Waals surface area contributed by atoms with Gasteiger partial charge < -0.3 is 0 Å². The summed E-state index contributed by atoms with van der Waals surface area (Å²) in [4.78, 5) is -0.861. The highest BCUT2D eigenvalue weighted by Crippen LogP contribution is 2.36. The fourth-order valence-corrected chi connectivity index (χ4v) is 8.43. The molecule has 2 heterocycles. The molecule has 0 bridgehead atoms. The first-order chi connectivity index (χ1) is 9.53. The topological polar surface area (TPSA) is 80.3 Å². The van der Waals surface area contributed by atoms with Crippen LogP contribution in [0.1, 0.15) is 0 Å². The third-order valence-corrected chi connectivity index (χ3v) is 9.06. The lowest BCUT2D eigenvalue weighted by Gasteiger charge is -2.06. The summed E-state index contributed by atoms with van der Waals surface area (Å²) >= 11 is 24.3. The lowest BCUT2D eigenvalue weighted by Crippen LogP contribution is -2.30. The van der Waals surface area contributed by atoms with E-state index in [-0.39, 0.29) is 17.3 Å². The number of hydrogen-bond acceptors (Lipinski definition) is 6. The summed E-state index contributed by atoms with van der Waals surface area (Å²) in [7, 11) is -8.85. The lowest BCUT2D eigenvalue weighted by atomic mass is 10.7. The lowest BCUT2D eigenvalue weighted by molar-refractivity contribution is 0.577. The van der Waals surface area contributed by atoms with Crippen LogP contribution in [0.2, 0.25) is 17.3 Å². The molecular formula is C8H3Cl4NO4S4. The normalized spacial score (nSPS) is 12.8. The fourth-order valence-electron chi connectivity index (χ4n) is 1.25. The van der Waals surface area contributed by atoms with Gasteiger partial charge in [-0.2, -0.15) is 0 Å². The van der Waals surface area contributed by atoms with Crippen LogP contribution in [0.4, 0.5) is 0 Å². The molecule has 1 N–H and O–H groups in total. The van der Waals surface area contributed by atoms with Gasteiger partial charge in [-0.05, 0) is 12.1 Å². The van der Waals surface area contributed by atoms with Crippen molar-refractivity contribution in [1.29, 1.82) is 0 Å². The molecule has 0 unspecified atom stereocenters. The molecule has 21 heavy (non-hydrogen) atoms. The predicted molar refractivity (Wildman–Crippen MR) is 86.2 cm³/mol. The number of halogens is 4. The van der Waals surface area contributed by atoms with Crippen LogP contribution in [-0.4, -0.2) is 16.8 Å². The zero-order valence-corrected chi connectivity index (χ0v) is 15.7. The zero-order chi connectivity index (χ0) is 16.0. The van der Waals surface area contributed by atoms with Gasteiger partial charge >= 0.3 is 0 Å². The van der Waals surface area contributed by atoms with E-state index in [9.17, 15) is 16.8 Å². The Kier molecular flexibility index (Phi) is 5.19. The number of nitrogens with one attached hydrogen (secondary N) is 1. The van der Waals surface area contributed by atoms with E-state index < -0.39 is 29.8 Å². The van der Waals surface area contributed by atoms with Gasteiger partial charge in [0.15, 0.2) is 0 Å². The van der Waals surface area contributed by atoms with E-state index >= 15 is 0 Å². The van der Waals surface area contributed by atoms with Crippen molar-refractivity contribution >= 4 is 89.1 Å². The van der Waals surface area contributed by atoms with Crippen molar-refractivity contribution in [1.82, 2.24) is 4.13 Å². The van der Waals surface area contributed by atoms with Crippen LogP contribution in [0.25, 0.3) is 0 Å². The monoisotopic (exact) mass is 445 g/mol. The van der Waals surface area contributed by atoms with Gasteiger partial charge in [-0.1, -0.05) is 46.4 Å². The number of thiophene rings is 2. The second kappa shape index (κ2) is 6.14. The molecule has 0 radical (unpaired) electrons. The van der Waals surface area contributed by atoms with Gasteiger partial charge in [0.2, 0.25) is 0 Å². The molecule has 0 saturated heterocycles. The molecule has 116 valence electrons. The van der Waals surface area contributed by atoms with Gasteiger partial charge in [0, 0.05) is 0 Å². The minimum absolute atomic E-state index is 0.106. The minimum Gasteiger partial charge on any atom is -0.206 e. The van der Waals surface area contributed by atoms with E-state index in [2.05, 4.69) is 0 Å². The van der Waals surface area contributed by atoms with Gasteiger partial charge in [-0.15, -0.1) is 26.8 Å². The molecule has 0 spiro atoms. The van der Waals surface area contributed by atoms with Gasteiger partial charge in [-0.25, -0.2) is 16.8 Å². The second-order valence-electron chi connectivity index (χ2n) is 3.47. The molecule has 0 atom stereocenters. The summed E-state index contributed by atoms with van der Waals surface area (Å²) < 4.78 is 49.7. The van der Waals surface area contributed by atoms with Crippen molar-refractivity contribution in [3.63, 3.8) is 0 Å². The largest absolute Gasteiger partial charge is 0.256 e. The Morgan fingerprint density at radius 3 is 1.33 bits per heavy atom. The molecule has 5 nitrogen and oxygen atoms in total. The zero-order valence-electron chi connectivity index (χ0n) is 9.43. The summed E-state index contributed by atoms with van der Waals surface area (Å²) in [6.45, 7) is 0. The average Bonchev–Trinajstić information content (AvgIpc) is 2.80. The summed E-state index contributed by atoms with van der Waals surface area (Å²) in [5.41, 5.74) is 0. The van der Waals surface area contributed by atoms with Crippen LogP contribution in [0.15, 0.2) is 21.9 Å². The molecule has 0 saturated carbocycles. The Hall–Kier alpha value is 0.420. The van der Waals surface area contributed by atoms with E-state index in [1.54, 1.807) is 4.13 Å². The maximum Gasteiger partial charge on any atom is 0.256 e. The molecule has 0 aliphatic carbocycles. The molecule has 2 aromatic rings. The SMILES string of the molecule is O=S(=O)(NS(=O)(=O)c1cc(Cl)sc1Cl)c1cc(Cl)sc1Cl. The van der Waals surface area contributed by atoms with Crippen molar-refractivity contribution in [2.45, 2.75) is 9.79 Å². The Bertz CT molecular complexity index is 825. The van der Waals surface area contributed by atoms with Gasteiger partial charge in [-0.3, -0.25) is 0 Å². The van der Waals surface area contributed by atoms with Crippen LogP contribution in [0.3, 0.4) is 0 Å². The Balaban J connectivity index is 2.45. The summed E-state index contributed by atoms with van der Waals surface area (Å²) in [5.74, 6) is 0. The Labute approximate surface area is 148 Å². The number of hydrogen-bond donors (Lipinski definition) is 1. The molecule has 0 aromatic carbocycles. The average molecular weight is 447 g/mol. The first kappa shape index (κ1) is 17.8.